The lowest BCUT2D eigenvalue weighted by atomic mass is 10.1. The Morgan fingerprint density at radius 1 is 1.50 bits per heavy atom. The molecule has 1 aromatic rings. The Labute approximate surface area is 86.8 Å². The van der Waals surface area contributed by atoms with E-state index in [-0.39, 0.29) is 0 Å². The normalized spacial score (nSPS) is 12.8. The van der Waals surface area contributed by atoms with Gasteiger partial charge in [0.1, 0.15) is 0 Å². The second-order valence-corrected chi connectivity index (χ2v) is 3.74. The van der Waals surface area contributed by atoms with Gasteiger partial charge >= 0.3 is 0 Å². The van der Waals surface area contributed by atoms with E-state index in [0.29, 0.717) is 6.04 Å². The highest BCUT2D eigenvalue weighted by atomic mass is 14.9. The first kappa shape index (κ1) is 11.2. The second kappa shape index (κ2) is 5.76. The average molecular weight is 192 g/mol. The van der Waals surface area contributed by atoms with Gasteiger partial charge in [-0.2, -0.15) is 0 Å². The van der Waals surface area contributed by atoms with Crippen LogP contribution in [0.2, 0.25) is 0 Å². The van der Waals surface area contributed by atoms with Crippen molar-refractivity contribution in [3.63, 3.8) is 0 Å². The maximum Gasteiger partial charge on any atom is 0.0575 e. The van der Waals surface area contributed by atoms with Crippen molar-refractivity contribution in [2.75, 3.05) is 7.05 Å². The molecular formula is C12H20N2. The lowest BCUT2D eigenvalue weighted by Gasteiger charge is -2.15. The fourth-order valence-electron chi connectivity index (χ4n) is 1.60. The molecule has 0 aliphatic heterocycles. The molecule has 1 N–H and O–H groups in total. The quantitative estimate of drug-likeness (QED) is 0.776. The van der Waals surface area contributed by atoms with Crippen LogP contribution in [-0.4, -0.2) is 12.0 Å². The Morgan fingerprint density at radius 2 is 2.29 bits per heavy atom. The van der Waals surface area contributed by atoms with Gasteiger partial charge in [-0.15, -0.1) is 0 Å². The summed E-state index contributed by atoms with van der Waals surface area (Å²) in [5.41, 5.74) is 2.45. The highest BCUT2D eigenvalue weighted by molar-refractivity contribution is 5.17. The monoisotopic (exact) mass is 192 g/mol. The molecule has 0 radical (unpaired) electrons. The highest BCUT2D eigenvalue weighted by Crippen LogP contribution is 2.17. The molecule has 2 nitrogen and oxygen atoms in total. The van der Waals surface area contributed by atoms with E-state index in [1.807, 2.05) is 19.3 Å². The van der Waals surface area contributed by atoms with Gasteiger partial charge in [-0.3, -0.25) is 4.98 Å². The minimum atomic E-state index is 0.412. The number of hydrogen-bond donors (Lipinski definition) is 1. The number of pyridine rings is 1. The van der Waals surface area contributed by atoms with Gasteiger partial charge in [-0.25, -0.2) is 0 Å². The lowest BCUT2D eigenvalue weighted by molar-refractivity contribution is 0.511. The summed E-state index contributed by atoms with van der Waals surface area (Å²) in [6.07, 6.45) is 5.55. The van der Waals surface area contributed by atoms with Gasteiger partial charge in [0.15, 0.2) is 0 Å². The van der Waals surface area contributed by atoms with Crippen LogP contribution in [0.4, 0.5) is 0 Å². The number of rotatable bonds is 5. The van der Waals surface area contributed by atoms with E-state index in [1.165, 1.54) is 30.5 Å². The van der Waals surface area contributed by atoms with Crippen molar-refractivity contribution in [3.05, 3.63) is 29.6 Å². The maximum atomic E-state index is 4.40. The molecule has 1 heterocycles. The van der Waals surface area contributed by atoms with Crippen LogP contribution in [0.15, 0.2) is 18.3 Å². The molecule has 0 saturated carbocycles. The minimum Gasteiger partial charge on any atom is -0.312 e. The zero-order chi connectivity index (χ0) is 10.4. The molecule has 0 bridgehead atoms. The molecule has 0 aromatic carbocycles. The number of nitrogens with zero attached hydrogens (tertiary/aromatic N) is 1. The molecule has 14 heavy (non-hydrogen) atoms. The molecule has 0 aliphatic carbocycles. The van der Waals surface area contributed by atoms with Crippen LogP contribution in [0.3, 0.4) is 0 Å². The molecule has 0 aliphatic rings. The number of aromatic nitrogens is 1. The third kappa shape index (κ3) is 3.11. The fraction of sp³-hybridized carbons (Fsp3) is 0.583. The first-order valence-electron chi connectivity index (χ1n) is 5.37. The molecule has 1 atom stereocenters. The van der Waals surface area contributed by atoms with Crippen LogP contribution in [0.25, 0.3) is 0 Å². The smallest absolute Gasteiger partial charge is 0.0575 e. The summed E-state index contributed by atoms with van der Waals surface area (Å²) in [6.45, 7) is 4.33. The summed E-state index contributed by atoms with van der Waals surface area (Å²) >= 11 is 0. The maximum absolute atomic E-state index is 4.40. The summed E-state index contributed by atoms with van der Waals surface area (Å²) < 4.78 is 0. The lowest BCUT2D eigenvalue weighted by Crippen LogP contribution is -2.17. The number of aryl methyl sites for hydroxylation is 1. The topological polar surface area (TPSA) is 24.9 Å². The number of nitrogens with one attached hydrogen (secondary N) is 1. The van der Waals surface area contributed by atoms with Crippen molar-refractivity contribution in [1.82, 2.24) is 10.3 Å². The SMILES string of the molecule is CCCCC(NC)c1cc(C)ccn1. The Balaban J connectivity index is 2.68. The van der Waals surface area contributed by atoms with Gasteiger partial charge in [-0.05, 0) is 38.1 Å². The van der Waals surface area contributed by atoms with E-state index in [2.05, 4.69) is 30.2 Å². The number of hydrogen-bond acceptors (Lipinski definition) is 2. The van der Waals surface area contributed by atoms with Gasteiger partial charge < -0.3 is 5.32 Å². The first-order valence-corrected chi connectivity index (χ1v) is 5.37. The van der Waals surface area contributed by atoms with E-state index in [4.69, 9.17) is 0 Å². The van der Waals surface area contributed by atoms with Crippen molar-refractivity contribution in [3.8, 4) is 0 Å². The van der Waals surface area contributed by atoms with Crippen molar-refractivity contribution >= 4 is 0 Å². The van der Waals surface area contributed by atoms with Gasteiger partial charge in [0.25, 0.3) is 0 Å². The van der Waals surface area contributed by atoms with Crippen molar-refractivity contribution in [1.29, 1.82) is 0 Å². The Kier molecular flexibility index (Phi) is 4.60. The van der Waals surface area contributed by atoms with Crippen LogP contribution in [0.5, 0.6) is 0 Å². The van der Waals surface area contributed by atoms with Gasteiger partial charge in [0.05, 0.1) is 5.69 Å². The zero-order valence-corrected chi connectivity index (χ0v) is 9.38. The van der Waals surface area contributed by atoms with Gasteiger partial charge in [-0.1, -0.05) is 19.8 Å². The molecule has 0 amide bonds. The van der Waals surface area contributed by atoms with E-state index in [1.54, 1.807) is 0 Å². The van der Waals surface area contributed by atoms with Crippen LogP contribution in [-0.2, 0) is 0 Å². The molecule has 0 spiro atoms. The third-order valence-corrected chi connectivity index (χ3v) is 2.49. The van der Waals surface area contributed by atoms with Gasteiger partial charge in [0, 0.05) is 12.2 Å². The van der Waals surface area contributed by atoms with Crippen LogP contribution in [0, 0.1) is 6.92 Å². The van der Waals surface area contributed by atoms with Crippen molar-refractivity contribution < 1.29 is 0 Å². The summed E-state index contributed by atoms with van der Waals surface area (Å²) in [5.74, 6) is 0. The van der Waals surface area contributed by atoms with Gasteiger partial charge in [0.2, 0.25) is 0 Å². The Morgan fingerprint density at radius 3 is 2.86 bits per heavy atom. The molecule has 78 valence electrons. The molecule has 0 saturated heterocycles. The van der Waals surface area contributed by atoms with Crippen molar-refractivity contribution in [2.45, 2.75) is 39.2 Å². The highest BCUT2D eigenvalue weighted by Gasteiger charge is 2.09. The van der Waals surface area contributed by atoms with Crippen LogP contribution in [0.1, 0.15) is 43.5 Å². The van der Waals surface area contributed by atoms with Crippen LogP contribution < -0.4 is 5.32 Å². The molecule has 1 unspecified atom stereocenters. The largest absolute Gasteiger partial charge is 0.312 e. The first-order chi connectivity index (χ1) is 6.77. The second-order valence-electron chi connectivity index (χ2n) is 3.74. The predicted octanol–water partition coefficient (Wildman–Crippen LogP) is 2.84. The molecule has 0 fully saturated rings. The molecule has 2 heteroatoms. The molecule has 1 aromatic heterocycles. The number of unbranched alkanes of at least 4 members (excludes halogenated alkanes) is 1. The summed E-state index contributed by atoms with van der Waals surface area (Å²) in [4.78, 5) is 4.40. The predicted molar refractivity (Wildman–Crippen MR) is 60.3 cm³/mol. The molecular weight excluding hydrogens is 172 g/mol. The fourth-order valence-corrected chi connectivity index (χ4v) is 1.60. The third-order valence-electron chi connectivity index (χ3n) is 2.49. The van der Waals surface area contributed by atoms with E-state index < -0.39 is 0 Å². The Bertz CT molecular complexity index is 271. The van der Waals surface area contributed by atoms with E-state index in [0.717, 1.165) is 0 Å². The minimum absolute atomic E-state index is 0.412. The molecule has 1 rings (SSSR count). The van der Waals surface area contributed by atoms with Crippen LogP contribution >= 0.6 is 0 Å². The van der Waals surface area contributed by atoms with E-state index in [9.17, 15) is 0 Å². The zero-order valence-electron chi connectivity index (χ0n) is 9.38. The summed E-state index contributed by atoms with van der Waals surface area (Å²) in [6, 6.07) is 4.61. The van der Waals surface area contributed by atoms with Crippen molar-refractivity contribution in [2.24, 2.45) is 0 Å². The average Bonchev–Trinajstić information content (AvgIpc) is 2.19. The Hall–Kier alpha value is -0.890. The summed E-state index contributed by atoms with van der Waals surface area (Å²) in [5, 5.41) is 3.32. The standard InChI is InChI=1S/C12H20N2/c1-4-5-6-11(13-3)12-9-10(2)7-8-14-12/h7-9,11,13H,4-6H2,1-3H3. The summed E-state index contributed by atoms with van der Waals surface area (Å²) in [7, 11) is 2.00. The van der Waals surface area contributed by atoms with E-state index >= 15 is 0 Å².